The third-order valence-electron chi connectivity index (χ3n) is 2.18. The van der Waals surface area contributed by atoms with Crippen LogP contribution >= 0.6 is 0 Å². The molecule has 1 amide bonds. The van der Waals surface area contributed by atoms with Gasteiger partial charge in [-0.3, -0.25) is 4.79 Å². The molecule has 2 N–H and O–H groups in total. The molecule has 1 aliphatic heterocycles. The lowest BCUT2D eigenvalue weighted by Gasteiger charge is -2.35. The van der Waals surface area contributed by atoms with Gasteiger partial charge in [-0.1, -0.05) is 0 Å². The van der Waals surface area contributed by atoms with Crippen molar-refractivity contribution in [1.29, 1.82) is 0 Å². The van der Waals surface area contributed by atoms with Gasteiger partial charge in [0.2, 0.25) is 5.91 Å². The summed E-state index contributed by atoms with van der Waals surface area (Å²) in [6.07, 6.45) is 1.61. The highest BCUT2D eigenvalue weighted by Gasteiger charge is 2.33. The second-order valence-electron chi connectivity index (χ2n) is 3.18. The van der Waals surface area contributed by atoms with Gasteiger partial charge in [-0.2, -0.15) is 0 Å². The quantitative estimate of drug-likeness (QED) is 0.562. The normalized spacial score (nSPS) is 21.8. The third kappa shape index (κ3) is 1.29. The second kappa shape index (κ2) is 2.81. The number of nitrogens with zero attached hydrogens (tertiary/aromatic N) is 4. The molecule has 0 aliphatic carbocycles. The summed E-state index contributed by atoms with van der Waals surface area (Å²) >= 11 is 0. The van der Waals surface area contributed by atoms with Crippen LogP contribution in [-0.4, -0.2) is 38.2 Å². The van der Waals surface area contributed by atoms with Crippen LogP contribution in [0, 0.1) is 0 Å². The number of hydrogen-bond donors (Lipinski definition) is 1. The van der Waals surface area contributed by atoms with Gasteiger partial charge in [0.05, 0.1) is 6.54 Å². The molecule has 1 aliphatic rings. The smallest absolute Gasteiger partial charge is 0.241 e. The van der Waals surface area contributed by atoms with Gasteiger partial charge in [0, 0.05) is 13.6 Å². The van der Waals surface area contributed by atoms with E-state index in [-0.39, 0.29) is 11.9 Å². The van der Waals surface area contributed by atoms with Gasteiger partial charge >= 0.3 is 0 Å². The molecule has 0 saturated carbocycles. The first-order valence-corrected chi connectivity index (χ1v) is 4.05. The zero-order valence-electron chi connectivity index (χ0n) is 7.34. The molecule has 0 spiro atoms. The SMILES string of the molecule is Cn1cnnc1CN1CC(N)C1=O. The molecule has 1 unspecified atom stereocenters. The van der Waals surface area contributed by atoms with E-state index < -0.39 is 0 Å². The van der Waals surface area contributed by atoms with Crippen molar-refractivity contribution in [2.24, 2.45) is 12.8 Å². The van der Waals surface area contributed by atoms with Gasteiger partial charge in [0.15, 0.2) is 5.82 Å². The van der Waals surface area contributed by atoms with Crippen molar-refractivity contribution in [3.8, 4) is 0 Å². The van der Waals surface area contributed by atoms with E-state index in [9.17, 15) is 4.79 Å². The van der Waals surface area contributed by atoms with Crippen molar-refractivity contribution in [3.05, 3.63) is 12.2 Å². The summed E-state index contributed by atoms with van der Waals surface area (Å²) in [5.74, 6) is 0.767. The summed E-state index contributed by atoms with van der Waals surface area (Å²) < 4.78 is 1.79. The Hall–Kier alpha value is -1.43. The molecule has 0 aromatic carbocycles. The number of aromatic nitrogens is 3. The summed E-state index contributed by atoms with van der Waals surface area (Å²) in [5, 5.41) is 7.60. The highest BCUT2D eigenvalue weighted by atomic mass is 16.2. The lowest BCUT2D eigenvalue weighted by atomic mass is 10.1. The molecule has 1 aromatic rings. The summed E-state index contributed by atoms with van der Waals surface area (Å²) in [4.78, 5) is 12.8. The Bertz CT molecular complexity index is 333. The monoisotopic (exact) mass is 181 g/mol. The van der Waals surface area contributed by atoms with E-state index in [4.69, 9.17) is 5.73 Å². The van der Waals surface area contributed by atoms with Crippen LogP contribution < -0.4 is 5.73 Å². The number of nitrogens with two attached hydrogens (primary N) is 1. The Kier molecular flexibility index (Phi) is 1.77. The fraction of sp³-hybridized carbons (Fsp3) is 0.571. The molecule has 2 heterocycles. The molecule has 70 valence electrons. The van der Waals surface area contributed by atoms with Gasteiger partial charge in [-0.15, -0.1) is 10.2 Å². The van der Waals surface area contributed by atoms with Crippen LogP contribution in [0.5, 0.6) is 0 Å². The molecular weight excluding hydrogens is 170 g/mol. The largest absolute Gasteiger partial charge is 0.332 e. The summed E-state index contributed by atoms with van der Waals surface area (Å²) in [7, 11) is 1.85. The maximum absolute atomic E-state index is 11.1. The summed E-state index contributed by atoms with van der Waals surface area (Å²) in [6.45, 7) is 1.12. The van der Waals surface area contributed by atoms with Gasteiger partial charge in [-0.25, -0.2) is 0 Å². The average Bonchev–Trinajstić information content (AvgIpc) is 2.51. The minimum Gasteiger partial charge on any atom is -0.332 e. The third-order valence-corrected chi connectivity index (χ3v) is 2.18. The molecular formula is C7H11N5O. The van der Waals surface area contributed by atoms with Gasteiger partial charge in [-0.05, 0) is 0 Å². The Morgan fingerprint density at radius 2 is 2.54 bits per heavy atom. The van der Waals surface area contributed by atoms with Crippen molar-refractivity contribution in [2.45, 2.75) is 12.6 Å². The van der Waals surface area contributed by atoms with Crippen LogP contribution in [-0.2, 0) is 18.4 Å². The van der Waals surface area contributed by atoms with Crippen LogP contribution in [0.2, 0.25) is 0 Å². The molecule has 1 atom stereocenters. The fourth-order valence-electron chi connectivity index (χ4n) is 1.29. The molecule has 1 fully saturated rings. The maximum atomic E-state index is 11.1. The van der Waals surface area contributed by atoms with Crippen LogP contribution in [0.25, 0.3) is 0 Å². The molecule has 6 heteroatoms. The number of rotatable bonds is 2. The van der Waals surface area contributed by atoms with Crippen LogP contribution in [0.15, 0.2) is 6.33 Å². The highest BCUT2D eigenvalue weighted by Crippen LogP contribution is 2.11. The predicted octanol–water partition coefficient (Wildman–Crippen LogP) is -1.52. The first kappa shape index (κ1) is 8.18. The minimum absolute atomic E-state index is 0.0111. The number of carbonyl (C=O) groups excluding carboxylic acids is 1. The van der Waals surface area contributed by atoms with E-state index in [1.54, 1.807) is 15.8 Å². The second-order valence-corrected chi connectivity index (χ2v) is 3.18. The van der Waals surface area contributed by atoms with E-state index in [2.05, 4.69) is 10.2 Å². The van der Waals surface area contributed by atoms with Gasteiger partial charge in [0.25, 0.3) is 0 Å². The fourth-order valence-corrected chi connectivity index (χ4v) is 1.29. The molecule has 0 bridgehead atoms. The molecule has 0 radical (unpaired) electrons. The maximum Gasteiger partial charge on any atom is 0.241 e. The molecule has 13 heavy (non-hydrogen) atoms. The number of aryl methyl sites for hydroxylation is 1. The number of amides is 1. The van der Waals surface area contributed by atoms with Crippen molar-refractivity contribution in [1.82, 2.24) is 19.7 Å². The zero-order valence-corrected chi connectivity index (χ0v) is 7.34. The lowest BCUT2D eigenvalue weighted by Crippen LogP contribution is -2.60. The number of β-lactam (4-membered cyclic amide) rings is 1. The van der Waals surface area contributed by atoms with Crippen LogP contribution in [0.4, 0.5) is 0 Å². The Balaban J connectivity index is 2.00. The Labute approximate surface area is 75.3 Å². The Morgan fingerprint density at radius 3 is 3.00 bits per heavy atom. The number of carbonyl (C=O) groups is 1. The molecule has 6 nitrogen and oxygen atoms in total. The van der Waals surface area contributed by atoms with Gasteiger partial charge in [0.1, 0.15) is 12.4 Å². The topological polar surface area (TPSA) is 77.0 Å². The highest BCUT2D eigenvalue weighted by molar-refractivity contribution is 5.87. The zero-order chi connectivity index (χ0) is 9.42. The number of likely N-dealkylation sites (tertiary alicyclic amines) is 1. The van der Waals surface area contributed by atoms with E-state index in [1.807, 2.05) is 7.05 Å². The number of hydrogen-bond acceptors (Lipinski definition) is 4. The van der Waals surface area contributed by atoms with E-state index in [0.29, 0.717) is 13.1 Å². The van der Waals surface area contributed by atoms with E-state index in [0.717, 1.165) is 5.82 Å². The van der Waals surface area contributed by atoms with E-state index >= 15 is 0 Å². The van der Waals surface area contributed by atoms with Gasteiger partial charge < -0.3 is 15.2 Å². The minimum atomic E-state index is -0.312. The lowest BCUT2D eigenvalue weighted by molar-refractivity contribution is -0.143. The van der Waals surface area contributed by atoms with Crippen molar-refractivity contribution in [3.63, 3.8) is 0 Å². The first-order valence-electron chi connectivity index (χ1n) is 4.05. The van der Waals surface area contributed by atoms with Crippen molar-refractivity contribution < 1.29 is 4.79 Å². The average molecular weight is 181 g/mol. The van der Waals surface area contributed by atoms with Crippen molar-refractivity contribution in [2.75, 3.05) is 6.54 Å². The van der Waals surface area contributed by atoms with Crippen molar-refractivity contribution >= 4 is 5.91 Å². The predicted molar refractivity (Wildman–Crippen MR) is 44.4 cm³/mol. The van der Waals surface area contributed by atoms with Crippen LogP contribution in [0.3, 0.4) is 0 Å². The first-order chi connectivity index (χ1) is 6.18. The standard InChI is InChI=1S/C7H11N5O/c1-11-4-9-10-6(11)3-12-2-5(8)7(12)13/h4-5H,2-3,8H2,1H3. The van der Waals surface area contributed by atoms with Crippen LogP contribution in [0.1, 0.15) is 5.82 Å². The van der Waals surface area contributed by atoms with E-state index in [1.165, 1.54) is 0 Å². The molecule has 1 aromatic heterocycles. The Morgan fingerprint density at radius 1 is 1.77 bits per heavy atom. The summed E-state index contributed by atoms with van der Waals surface area (Å²) in [5.41, 5.74) is 5.45. The molecule has 2 rings (SSSR count). The summed E-state index contributed by atoms with van der Waals surface area (Å²) in [6, 6.07) is -0.312. The molecule has 1 saturated heterocycles.